The van der Waals surface area contributed by atoms with Gasteiger partial charge in [-0.1, -0.05) is 6.42 Å². The van der Waals surface area contributed by atoms with E-state index in [0.717, 1.165) is 19.3 Å². The Morgan fingerprint density at radius 2 is 2.28 bits per heavy atom. The summed E-state index contributed by atoms with van der Waals surface area (Å²) in [4.78, 5) is 22.7. The average Bonchev–Trinajstić information content (AvgIpc) is 2.56. The second-order valence-electron chi connectivity index (χ2n) is 4.36. The zero-order chi connectivity index (χ0) is 13.2. The van der Waals surface area contributed by atoms with Crippen molar-refractivity contribution in [3.8, 4) is 0 Å². The summed E-state index contributed by atoms with van der Waals surface area (Å²) in [5, 5.41) is 5.65. The average molecular weight is 258 g/mol. The molecule has 2 N–H and O–H groups in total. The Bertz CT molecular complexity index is 271. The van der Waals surface area contributed by atoms with Crippen molar-refractivity contribution >= 4 is 11.8 Å². The summed E-state index contributed by atoms with van der Waals surface area (Å²) in [6, 6.07) is 0.0444. The standard InChI is InChI=1S/C12H22N2O4/c1-17-6-7-18-9-12(16)13-8-10-4-2-3-5-11(15)14-10/h10H,2-9H2,1H3,(H,13,16)(H,14,15). The first-order valence-electron chi connectivity index (χ1n) is 6.35. The highest BCUT2D eigenvalue weighted by molar-refractivity contribution is 5.78. The smallest absolute Gasteiger partial charge is 0.246 e. The summed E-state index contributed by atoms with van der Waals surface area (Å²) in [6.07, 6.45) is 3.45. The Morgan fingerprint density at radius 1 is 1.44 bits per heavy atom. The highest BCUT2D eigenvalue weighted by Crippen LogP contribution is 2.08. The molecule has 0 aromatic rings. The first-order chi connectivity index (χ1) is 8.72. The van der Waals surface area contributed by atoms with E-state index in [1.807, 2.05) is 0 Å². The quantitative estimate of drug-likeness (QED) is 0.621. The number of carbonyl (C=O) groups is 2. The van der Waals surface area contributed by atoms with Gasteiger partial charge in [0, 0.05) is 26.1 Å². The highest BCUT2D eigenvalue weighted by Gasteiger charge is 2.16. The molecule has 0 saturated carbocycles. The molecule has 0 aromatic carbocycles. The van der Waals surface area contributed by atoms with Gasteiger partial charge in [0.05, 0.1) is 13.2 Å². The van der Waals surface area contributed by atoms with Crippen LogP contribution in [0.25, 0.3) is 0 Å². The van der Waals surface area contributed by atoms with E-state index in [0.29, 0.717) is 26.2 Å². The van der Waals surface area contributed by atoms with Crippen molar-refractivity contribution in [2.75, 3.05) is 33.5 Å². The van der Waals surface area contributed by atoms with Gasteiger partial charge in [-0.2, -0.15) is 0 Å². The number of hydrogen-bond donors (Lipinski definition) is 2. The number of methoxy groups -OCH3 is 1. The topological polar surface area (TPSA) is 76.7 Å². The van der Waals surface area contributed by atoms with E-state index in [2.05, 4.69) is 10.6 Å². The maximum atomic E-state index is 11.4. The summed E-state index contributed by atoms with van der Waals surface area (Å²) >= 11 is 0. The van der Waals surface area contributed by atoms with Gasteiger partial charge in [-0.05, 0) is 12.8 Å². The van der Waals surface area contributed by atoms with Gasteiger partial charge in [-0.3, -0.25) is 9.59 Å². The minimum Gasteiger partial charge on any atom is -0.382 e. The summed E-state index contributed by atoms with van der Waals surface area (Å²) in [5.41, 5.74) is 0. The molecule has 1 atom stereocenters. The van der Waals surface area contributed by atoms with Crippen LogP contribution in [0.5, 0.6) is 0 Å². The fraction of sp³-hybridized carbons (Fsp3) is 0.833. The number of carbonyl (C=O) groups excluding carboxylic acids is 2. The minimum atomic E-state index is -0.162. The molecule has 18 heavy (non-hydrogen) atoms. The molecule has 0 aliphatic carbocycles. The molecule has 2 amide bonds. The molecule has 104 valence electrons. The van der Waals surface area contributed by atoms with Crippen molar-refractivity contribution in [1.29, 1.82) is 0 Å². The third-order valence-corrected chi connectivity index (χ3v) is 2.78. The second-order valence-corrected chi connectivity index (χ2v) is 4.36. The van der Waals surface area contributed by atoms with Crippen molar-refractivity contribution in [2.45, 2.75) is 31.7 Å². The molecule has 0 bridgehead atoms. The van der Waals surface area contributed by atoms with Gasteiger partial charge in [0.2, 0.25) is 11.8 Å². The number of rotatable bonds is 7. The van der Waals surface area contributed by atoms with Crippen molar-refractivity contribution in [1.82, 2.24) is 10.6 Å². The van der Waals surface area contributed by atoms with Crippen LogP contribution in [0.1, 0.15) is 25.7 Å². The van der Waals surface area contributed by atoms with Crippen LogP contribution >= 0.6 is 0 Å². The van der Waals surface area contributed by atoms with Gasteiger partial charge in [0.25, 0.3) is 0 Å². The number of nitrogens with one attached hydrogen (secondary N) is 2. The van der Waals surface area contributed by atoms with Crippen LogP contribution in [-0.4, -0.2) is 51.3 Å². The van der Waals surface area contributed by atoms with Crippen LogP contribution in [0.3, 0.4) is 0 Å². The fourth-order valence-corrected chi connectivity index (χ4v) is 1.80. The van der Waals surface area contributed by atoms with Crippen LogP contribution in [0.2, 0.25) is 0 Å². The van der Waals surface area contributed by atoms with Crippen molar-refractivity contribution in [3.63, 3.8) is 0 Å². The molecule has 1 unspecified atom stereocenters. The first-order valence-corrected chi connectivity index (χ1v) is 6.35. The summed E-state index contributed by atoms with van der Waals surface area (Å²) in [5.74, 6) is -0.0901. The molecule has 1 aliphatic rings. The van der Waals surface area contributed by atoms with E-state index in [-0.39, 0.29) is 24.5 Å². The summed E-state index contributed by atoms with van der Waals surface area (Å²) in [7, 11) is 1.58. The van der Waals surface area contributed by atoms with Crippen LogP contribution < -0.4 is 10.6 Å². The summed E-state index contributed by atoms with van der Waals surface area (Å²) in [6.45, 7) is 1.39. The van der Waals surface area contributed by atoms with Gasteiger partial charge in [-0.25, -0.2) is 0 Å². The molecule has 1 rings (SSSR count). The number of hydrogen-bond acceptors (Lipinski definition) is 4. The van der Waals surface area contributed by atoms with E-state index >= 15 is 0 Å². The van der Waals surface area contributed by atoms with E-state index in [4.69, 9.17) is 9.47 Å². The second kappa shape index (κ2) is 8.88. The lowest BCUT2D eigenvalue weighted by atomic mass is 10.1. The predicted octanol–water partition coefficient (Wildman–Crippen LogP) is -0.176. The Hall–Kier alpha value is -1.14. The summed E-state index contributed by atoms with van der Waals surface area (Å²) < 4.78 is 9.90. The maximum Gasteiger partial charge on any atom is 0.246 e. The maximum absolute atomic E-state index is 11.4. The van der Waals surface area contributed by atoms with Gasteiger partial charge < -0.3 is 20.1 Å². The van der Waals surface area contributed by atoms with E-state index in [1.165, 1.54) is 0 Å². The Kier molecular flexibility index (Phi) is 7.36. The molecule has 6 nitrogen and oxygen atoms in total. The van der Waals surface area contributed by atoms with Crippen molar-refractivity contribution in [2.24, 2.45) is 0 Å². The number of ether oxygens (including phenoxy) is 2. The van der Waals surface area contributed by atoms with Crippen molar-refractivity contribution in [3.05, 3.63) is 0 Å². The minimum absolute atomic E-state index is 0.0318. The zero-order valence-electron chi connectivity index (χ0n) is 10.9. The Morgan fingerprint density at radius 3 is 3.06 bits per heavy atom. The van der Waals surface area contributed by atoms with E-state index < -0.39 is 0 Å². The lowest BCUT2D eigenvalue weighted by Crippen LogP contribution is -2.43. The lowest BCUT2D eigenvalue weighted by molar-refractivity contribution is -0.127. The molecular formula is C12H22N2O4. The molecule has 1 heterocycles. The number of amides is 2. The molecular weight excluding hydrogens is 236 g/mol. The van der Waals surface area contributed by atoms with E-state index in [1.54, 1.807) is 7.11 Å². The fourth-order valence-electron chi connectivity index (χ4n) is 1.80. The van der Waals surface area contributed by atoms with Crippen molar-refractivity contribution < 1.29 is 19.1 Å². The monoisotopic (exact) mass is 258 g/mol. The zero-order valence-corrected chi connectivity index (χ0v) is 10.9. The molecule has 0 aromatic heterocycles. The lowest BCUT2D eigenvalue weighted by Gasteiger charge is -2.16. The molecule has 1 saturated heterocycles. The largest absolute Gasteiger partial charge is 0.382 e. The molecule has 1 aliphatic heterocycles. The van der Waals surface area contributed by atoms with Gasteiger partial charge in [0.15, 0.2) is 0 Å². The molecule has 1 fully saturated rings. The molecule has 0 radical (unpaired) electrons. The van der Waals surface area contributed by atoms with Gasteiger partial charge in [-0.15, -0.1) is 0 Å². The predicted molar refractivity (Wildman–Crippen MR) is 66.1 cm³/mol. The van der Waals surface area contributed by atoms with E-state index in [9.17, 15) is 9.59 Å². The third-order valence-electron chi connectivity index (χ3n) is 2.78. The molecule has 0 spiro atoms. The van der Waals surface area contributed by atoms with Crippen LogP contribution in [0.4, 0.5) is 0 Å². The van der Waals surface area contributed by atoms with Gasteiger partial charge in [0.1, 0.15) is 6.61 Å². The first kappa shape index (κ1) is 14.9. The van der Waals surface area contributed by atoms with Crippen LogP contribution in [0, 0.1) is 0 Å². The molecule has 6 heteroatoms. The third kappa shape index (κ3) is 6.56. The normalized spacial score (nSPS) is 20.1. The van der Waals surface area contributed by atoms with Crippen LogP contribution in [-0.2, 0) is 19.1 Å². The SMILES string of the molecule is COCCOCC(=O)NCC1CCCCC(=O)N1. The van der Waals surface area contributed by atoms with Crippen LogP contribution in [0.15, 0.2) is 0 Å². The highest BCUT2D eigenvalue weighted by atomic mass is 16.5. The Labute approximate surface area is 107 Å². The van der Waals surface area contributed by atoms with Gasteiger partial charge >= 0.3 is 0 Å². The Balaban J connectivity index is 2.11.